The number of nitriles is 1. The van der Waals surface area contributed by atoms with Crippen molar-refractivity contribution in [3.05, 3.63) is 73.7 Å². The van der Waals surface area contributed by atoms with Crippen molar-refractivity contribution in [2.75, 3.05) is 19.6 Å². The van der Waals surface area contributed by atoms with Gasteiger partial charge in [-0.05, 0) is 43.0 Å². The van der Waals surface area contributed by atoms with Crippen LogP contribution in [-0.2, 0) is 6.42 Å². The summed E-state index contributed by atoms with van der Waals surface area (Å²) in [5.41, 5.74) is 3.44. The predicted octanol–water partition coefficient (Wildman–Crippen LogP) is 6.35. The van der Waals surface area contributed by atoms with Crippen molar-refractivity contribution in [3.63, 3.8) is 0 Å². The number of halogens is 1. The van der Waals surface area contributed by atoms with Gasteiger partial charge in [0.15, 0.2) is 0 Å². The second-order valence-electron chi connectivity index (χ2n) is 8.95. The molecule has 5 rings (SSSR count). The first kappa shape index (κ1) is 29.5. The Morgan fingerprint density at radius 3 is 2.69 bits per heavy atom. The maximum absolute atomic E-state index is 13.8. The van der Waals surface area contributed by atoms with E-state index in [9.17, 15) is 9.65 Å². The molecule has 1 N–H and O–H groups in total. The molecule has 0 bridgehead atoms. The average molecular weight is 532 g/mol. The van der Waals surface area contributed by atoms with E-state index < -0.39 is 0 Å². The molecule has 3 aromatic heterocycles. The van der Waals surface area contributed by atoms with Gasteiger partial charge in [0.25, 0.3) is 0 Å². The number of aromatic nitrogens is 5. The SMILES string of the molecule is C=C.CC.CCc1cc(F)cc(OC2CCN(CC(CC#N)n3cc(-c4ncnc5[nH]ccc45)cn3)CC2)c1. The normalized spacial score (nSPS) is 14.4. The fourth-order valence-corrected chi connectivity index (χ4v) is 4.70. The van der Waals surface area contributed by atoms with E-state index >= 15 is 0 Å². The summed E-state index contributed by atoms with van der Waals surface area (Å²) in [6.07, 6.45) is 10.0. The smallest absolute Gasteiger partial charge is 0.141 e. The van der Waals surface area contributed by atoms with Gasteiger partial charge in [0.1, 0.15) is 29.6 Å². The molecule has 0 amide bonds. The number of hydrogen-bond donors (Lipinski definition) is 1. The summed E-state index contributed by atoms with van der Waals surface area (Å²) in [4.78, 5) is 14.1. The van der Waals surface area contributed by atoms with Crippen molar-refractivity contribution in [2.24, 2.45) is 0 Å². The maximum atomic E-state index is 13.8. The van der Waals surface area contributed by atoms with Crippen molar-refractivity contribution >= 4 is 11.0 Å². The molecule has 39 heavy (non-hydrogen) atoms. The molecule has 1 aromatic carbocycles. The maximum Gasteiger partial charge on any atom is 0.141 e. The lowest BCUT2D eigenvalue weighted by molar-refractivity contribution is 0.0909. The fourth-order valence-electron chi connectivity index (χ4n) is 4.70. The molecule has 1 aliphatic rings. The second kappa shape index (κ2) is 14.8. The molecule has 1 unspecified atom stereocenters. The molecule has 4 aromatic rings. The Kier molecular flexibility index (Phi) is 11.2. The van der Waals surface area contributed by atoms with Gasteiger partial charge in [0.2, 0.25) is 0 Å². The molecule has 4 heterocycles. The zero-order valence-corrected chi connectivity index (χ0v) is 23.1. The lowest BCUT2D eigenvalue weighted by Crippen LogP contribution is -2.41. The summed E-state index contributed by atoms with van der Waals surface area (Å²) in [7, 11) is 0. The highest BCUT2D eigenvalue weighted by atomic mass is 19.1. The summed E-state index contributed by atoms with van der Waals surface area (Å²) >= 11 is 0. The fraction of sp³-hybridized carbons (Fsp3) is 0.400. The van der Waals surface area contributed by atoms with E-state index in [1.54, 1.807) is 12.3 Å². The topological polar surface area (TPSA) is 95.6 Å². The van der Waals surface area contributed by atoms with Crippen LogP contribution in [0.4, 0.5) is 4.39 Å². The number of likely N-dealkylation sites (tertiary alicyclic amines) is 1. The first-order valence-corrected chi connectivity index (χ1v) is 13.5. The van der Waals surface area contributed by atoms with E-state index in [0.29, 0.717) is 12.2 Å². The van der Waals surface area contributed by atoms with Crippen LogP contribution in [0.2, 0.25) is 0 Å². The Bertz CT molecular complexity index is 1350. The summed E-state index contributed by atoms with van der Waals surface area (Å²) in [6, 6.07) is 9.13. The van der Waals surface area contributed by atoms with Crippen molar-refractivity contribution in [3.8, 4) is 23.1 Å². The van der Waals surface area contributed by atoms with E-state index in [2.05, 4.69) is 44.2 Å². The zero-order valence-electron chi connectivity index (χ0n) is 23.1. The molecule has 8 nitrogen and oxygen atoms in total. The van der Waals surface area contributed by atoms with Gasteiger partial charge in [0.05, 0.1) is 30.4 Å². The third-order valence-corrected chi connectivity index (χ3v) is 6.58. The summed E-state index contributed by atoms with van der Waals surface area (Å²) in [6.45, 7) is 14.4. The number of ether oxygens (including phenoxy) is 1. The number of H-pyrrole nitrogens is 1. The van der Waals surface area contributed by atoms with Crippen LogP contribution < -0.4 is 4.74 Å². The summed E-state index contributed by atoms with van der Waals surface area (Å²) in [5.74, 6) is 0.349. The highest BCUT2D eigenvalue weighted by Gasteiger charge is 2.24. The van der Waals surface area contributed by atoms with Crippen LogP contribution >= 0.6 is 0 Å². The third-order valence-electron chi connectivity index (χ3n) is 6.58. The molecule has 1 fully saturated rings. The standard InChI is InChI=1S/C26H28FN7O.C2H6.C2H4/c1-2-18-11-20(27)13-23(12-18)35-22-5-9-33(10-6-22)16-21(3-7-28)34-15-19(14-32-34)25-24-4-8-29-26(24)31-17-30-25;2*1-2/h4,8,11-15,17,21-22H,2-3,5-6,9-10,16H2,1H3,(H,29,30,31);1-2H3;1-2H2. The molecule has 0 aliphatic carbocycles. The second-order valence-corrected chi connectivity index (χ2v) is 8.95. The minimum absolute atomic E-state index is 0.0602. The van der Waals surface area contributed by atoms with Crippen LogP contribution in [0.15, 0.2) is 62.3 Å². The number of fused-ring (bicyclic) bond motifs is 1. The Morgan fingerprint density at radius 1 is 1.21 bits per heavy atom. The molecule has 9 heteroatoms. The largest absolute Gasteiger partial charge is 0.490 e. The number of rotatable bonds is 8. The monoisotopic (exact) mass is 531 g/mol. The van der Waals surface area contributed by atoms with Gasteiger partial charge in [-0.3, -0.25) is 4.68 Å². The van der Waals surface area contributed by atoms with E-state index in [1.807, 2.05) is 50.0 Å². The number of aryl methyl sites for hydroxylation is 1. The average Bonchev–Trinajstić information content (AvgIpc) is 3.66. The van der Waals surface area contributed by atoms with Crippen molar-refractivity contribution in [1.29, 1.82) is 5.26 Å². The van der Waals surface area contributed by atoms with Crippen LogP contribution in [0.25, 0.3) is 22.3 Å². The van der Waals surface area contributed by atoms with Gasteiger partial charge >= 0.3 is 0 Å². The molecular formula is C30H38FN7O. The van der Waals surface area contributed by atoms with Gasteiger partial charge in [-0.25, -0.2) is 14.4 Å². The first-order valence-electron chi connectivity index (χ1n) is 13.5. The van der Waals surface area contributed by atoms with E-state index in [1.165, 1.54) is 12.4 Å². The predicted molar refractivity (Wildman–Crippen MR) is 153 cm³/mol. The van der Waals surface area contributed by atoms with Gasteiger partial charge in [-0.1, -0.05) is 20.8 Å². The number of benzene rings is 1. The minimum atomic E-state index is -0.256. The van der Waals surface area contributed by atoms with Crippen LogP contribution in [0.5, 0.6) is 5.75 Å². The number of nitrogens with one attached hydrogen (secondary N) is 1. The summed E-state index contributed by atoms with van der Waals surface area (Å²) < 4.78 is 21.8. The highest BCUT2D eigenvalue weighted by Crippen LogP contribution is 2.27. The molecule has 1 aliphatic heterocycles. The lowest BCUT2D eigenvalue weighted by atomic mass is 10.1. The molecule has 1 atom stereocenters. The summed E-state index contributed by atoms with van der Waals surface area (Å²) in [5, 5.41) is 15.0. The van der Waals surface area contributed by atoms with Crippen LogP contribution in [0, 0.1) is 17.1 Å². The molecular weight excluding hydrogens is 493 g/mol. The van der Waals surface area contributed by atoms with Crippen molar-refractivity contribution < 1.29 is 9.13 Å². The van der Waals surface area contributed by atoms with Crippen molar-refractivity contribution in [1.82, 2.24) is 29.6 Å². The van der Waals surface area contributed by atoms with E-state index in [0.717, 1.165) is 66.8 Å². The highest BCUT2D eigenvalue weighted by molar-refractivity contribution is 5.89. The lowest BCUT2D eigenvalue weighted by Gasteiger charge is -2.34. The Labute approximate surface area is 230 Å². The van der Waals surface area contributed by atoms with Gasteiger partial charge in [-0.2, -0.15) is 10.4 Å². The van der Waals surface area contributed by atoms with Crippen LogP contribution in [0.3, 0.4) is 0 Å². The van der Waals surface area contributed by atoms with E-state index in [-0.39, 0.29) is 18.0 Å². The van der Waals surface area contributed by atoms with Crippen LogP contribution in [-0.4, -0.2) is 55.4 Å². The number of hydrogen-bond acceptors (Lipinski definition) is 6. The van der Waals surface area contributed by atoms with E-state index in [4.69, 9.17) is 4.74 Å². The van der Waals surface area contributed by atoms with Gasteiger partial charge in [-0.15, -0.1) is 13.2 Å². The number of nitrogens with zero attached hydrogens (tertiary/aromatic N) is 6. The number of aromatic amines is 1. The molecule has 206 valence electrons. The Balaban J connectivity index is 0.00000100. The molecule has 0 spiro atoms. The van der Waals surface area contributed by atoms with Crippen LogP contribution in [0.1, 0.15) is 51.6 Å². The quantitative estimate of drug-likeness (QED) is 0.266. The first-order chi connectivity index (χ1) is 19.1. The molecule has 0 radical (unpaired) electrons. The Morgan fingerprint density at radius 2 is 1.97 bits per heavy atom. The number of piperidine rings is 1. The van der Waals surface area contributed by atoms with Gasteiger partial charge < -0.3 is 14.6 Å². The zero-order chi connectivity index (χ0) is 28.2. The van der Waals surface area contributed by atoms with Gasteiger partial charge in [0, 0.05) is 49.0 Å². The van der Waals surface area contributed by atoms with Crippen molar-refractivity contribution in [2.45, 2.75) is 58.6 Å². The minimum Gasteiger partial charge on any atom is -0.490 e. The molecule has 1 saturated heterocycles. The Hall–Kier alpha value is -4.03. The third kappa shape index (κ3) is 7.52. The molecule has 0 saturated carbocycles.